The number of nitrogens with one attached hydrogen (secondary N) is 2. The van der Waals surface area contributed by atoms with Crippen molar-refractivity contribution >= 4 is 21.6 Å². The first kappa shape index (κ1) is 18.6. The third-order valence-electron chi connectivity index (χ3n) is 3.67. The molecule has 0 aliphatic rings. The fourth-order valence-electron chi connectivity index (χ4n) is 2.03. The number of anilines is 1. The number of hydrogen-bond acceptors (Lipinski definition) is 4. The van der Waals surface area contributed by atoms with Gasteiger partial charge in [-0.25, -0.2) is 13.1 Å². The average Bonchev–Trinajstić information content (AvgIpc) is 2.62. The first-order valence-corrected chi connectivity index (χ1v) is 9.28. The monoisotopic (exact) mass is 357 g/mol. The molecular formula is C18H19N3O3S. The molecular weight excluding hydrogens is 338 g/mol. The maximum absolute atomic E-state index is 12.2. The van der Waals surface area contributed by atoms with Crippen LogP contribution in [0.3, 0.4) is 0 Å². The zero-order valence-electron chi connectivity index (χ0n) is 14.0. The maximum atomic E-state index is 12.2. The molecule has 6 nitrogen and oxygen atoms in total. The summed E-state index contributed by atoms with van der Waals surface area (Å²) < 4.78 is 27.0. The van der Waals surface area contributed by atoms with E-state index in [1.807, 2.05) is 13.0 Å². The molecule has 2 N–H and O–H groups in total. The number of nitrogens with zero attached hydrogens (tertiary/aromatic N) is 1. The minimum atomic E-state index is -3.59. The Bertz CT molecular complexity index is 883. The zero-order chi connectivity index (χ0) is 18.4. The van der Waals surface area contributed by atoms with Crippen molar-refractivity contribution in [3.63, 3.8) is 0 Å². The average molecular weight is 357 g/mol. The van der Waals surface area contributed by atoms with Crippen LogP contribution in [0.5, 0.6) is 0 Å². The summed E-state index contributed by atoms with van der Waals surface area (Å²) >= 11 is 0. The van der Waals surface area contributed by atoms with Crippen molar-refractivity contribution in [3.05, 3.63) is 59.7 Å². The van der Waals surface area contributed by atoms with Gasteiger partial charge in [-0.05, 0) is 61.9 Å². The number of hydrogen-bond donors (Lipinski definition) is 2. The Morgan fingerprint density at radius 1 is 1.12 bits per heavy atom. The number of carbonyl (C=O) groups is 1. The van der Waals surface area contributed by atoms with Crippen LogP contribution in [0.1, 0.15) is 36.2 Å². The van der Waals surface area contributed by atoms with E-state index in [1.165, 1.54) is 24.3 Å². The van der Waals surface area contributed by atoms with Gasteiger partial charge in [0.15, 0.2) is 0 Å². The van der Waals surface area contributed by atoms with Crippen LogP contribution in [0, 0.1) is 11.3 Å². The smallest absolute Gasteiger partial charge is 0.255 e. The highest BCUT2D eigenvalue weighted by molar-refractivity contribution is 7.89. The van der Waals surface area contributed by atoms with Crippen molar-refractivity contribution < 1.29 is 13.2 Å². The van der Waals surface area contributed by atoms with Gasteiger partial charge in [0.2, 0.25) is 10.0 Å². The predicted molar refractivity (Wildman–Crippen MR) is 95.6 cm³/mol. The van der Waals surface area contributed by atoms with E-state index in [2.05, 4.69) is 10.0 Å². The third-order valence-corrected chi connectivity index (χ3v) is 5.27. The van der Waals surface area contributed by atoms with Crippen LogP contribution in [-0.2, 0) is 10.0 Å². The molecule has 2 aromatic carbocycles. The third kappa shape index (κ3) is 4.89. The number of sulfonamides is 1. The van der Waals surface area contributed by atoms with E-state index in [1.54, 1.807) is 31.2 Å². The Morgan fingerprint density at radius 2 is 1.72 bits per heavy atom. The molecule has 0 aliphatic heterocycles. The van der Waals surface area contributed by atoms with Gasteiger partial charge in [0.25, 0.3) is 5.91 Å². The van der Waals surface area contributed by atoms with Crippen LogP contribution in [0.15, 0.2) is 53.4 Å². The topological polar surface area (TPSA) is 99.1 Å². The number of nitriles is 1. The quantitative estimate of drug-likeness (QED) is 0.830. The van der Waals surface area contributed by atoms with E-state index < -0.39 is 10.0 Å². The molecule has 0 aliphatic carbocycles. The van der Waals surface area contributed by atoms with Crippen molar-refractivity contribution in [1.29, 1.82) is 5.26 Å². The summed E-state index contributed by atoms with van der Waals surface area (Å²) in [7, 11) is -3.59. The van der Waals surface area contributed by atoms with Gasteiger partial charge in [0.05, 0.1) is 16.5 Å². The fraction of sp³-hybridized carbons (Fsp3) is 0.222. The molecule has 0 radical (unpaired) electrons. The molecule has 0 spiro atoms. The van der Waals surface area contributed by atoms with E-state index in [4.69, 9.17) is 5.26 Å². The van der Waals surface area contributed by atoms with Gasteiger partial charge in [0, 0.05) is 17.3 Å². The summed E-state index contributed by atoms with van der Waals surface area (Å²) in [6.07, 6.45) is 0.685. The zero-order valence-corrected chi connectivity index (χ0v) is 14.8. The molecule has 25 heavy (non-hydrogen) atoms. The first-order chi connectivity index (χ1) is 11.9. The minimum Gasteiger partial charge on any atom is -0.322 e. The molecule has 2 aromatic rings. The number of amides is 1. The molecule has 2 rings (SSSR count). The van der Waals surface area contributed by atoms with E-state index in [-0.39, 0.29) is 16.8 Å². The summed E-state index contributed by atoms with van der Waals surface area (Å²) in [6.45, 7) is 3.68. The number of rotatable bonds is 6. The van der Waals surface area contributed by atoms with Crippen LogP contribution in [0.25, 0.3) is 0 Å². The summed E-state index contributed by atoms with van der Waals surface area (Å²) in [4.78, 5) is 12.3. The second kappa shape index (κ2) is 7.92. The highest BCUT2D eigenvalue weighted by Crippen LogP contribution is 2.14. The van der Waals surface area contributed by atoms with Crippen LogP contribution in [0.4, 0.5) is 5.69 Å². The van der Waals surface area contributed by atoms with Crippen molar-refractivity contribution in [1.82, 2.24) is 4.72 Å². The van der Waals surface area contributed by atoms with Crippen LogP contribution >= 0.6 is 0 Å². The first-order valence-electron chi connectivity index (χ1n) is 7.79. The molecule has 130 valence electrons. The summed E-state index contributed by atoms with van der Waals surface area (Å²) in [5.41, 5.74) is 1.40. The number of benzene rings is 2. The van der Waals surface area contributed by atoms with Crippen molar-refractivity contribution in [2.75, 3.05) is 5.32 Å². The second-order valence-corrected chi connectivity index (χ2v) is 7.31. The highest BCUT2D eigenvalue weighted by atomic mass is 32.2. The molecule has 0 heterocycles. The maximum Gasteiger partial charge on any atom is 0.255 e. The summed E-state index contributed by atoms with van der Waals surface area (Å²) in [5.74, 6) is -0.358. The molecule has 1 amide bonds. The summed E-state index contributed by atoms with van der Waals surface area (Å²) in [5, 5.41) is 11.5. The van der Waals surface area contributed by atoms with Gasteiger partial charge in [-0.3, -0.25) is 4.79 Å². The molecule has 0 saturated carbocycles. The molecule has 1 unspecified atom stereocenters. The van der Waals surface area contributed by atoms with Crippen molar-refractivity contribution in [2.45, 2.75) is 31.2 Å². The minimum absolute atomic E-state index is 0.114. The molecule has 0 aromatic heterocycles. The molecule has 0 bridgehead atoms. The van der Waals surface area contributed by atoms with Gasteiger partial charge in [-0.1, -0.05) is 6.92 Å². The van der Waals surface area contributed by atoms with Gasteiger partial charge < -0.3 is 5.32 Å². The van der Waals surface area contributed by atoms with E-state index in [0.717, 1.165) is 0 Å². The Morgan fingerprint density at radius 3 is 2.24 bits per heavy atom. The lowest BCUT2D eigenvalue weighted by Crippen LogP contribution is -2.32. The lowest BCUT2D eigenvalue weighted by atomic mass is 10.2. The number of carbonyl (C=O) groups excluding carboxylic acids is 1. The second-order valence-electron chi connectivity index (χ2n) is 5.60. The van der Waals surface area contributed by atoms with E-state index in [9.17, 15) is 13.2 Å². The van der Waals surface area contributed by atoms with Gasteiger partial charge in [-0.15, -0.1) is 0 Å². The van der Waals surface area contributed by atoms with Crippen LogP contribution in [-0.4, -0.2) is 20.4 Å². The summed E-state index contributed by atoms with van der Waals surface area (Å²) in [6, 6.07) is 14.0. The predicted octanol–water partition coefficient (Wildman–Crippen LogP) is 2.89. The Balaban J connectivity index is 2.10. The van der Waals surface area contributed by atoms with Gasteiger partial charge in [-0.2, -0.15) is 5.26 Å². The Kier molecular flexibility index (Phi) is 5.91. The normalized spacial score (nSPS) is 12.2. The lowest BCUT2D eigenvalue weighted by Gasteiger charge is -2.12. The molecule has 1 atom stereocenters. The van der Waals surface area contributed by atoms with Gasteiger partial charge >= 0.3 is 0 Å². The van der Waals surface area contributed by atoms with Crippen LogP contribution < -0.4 is 10.0 Å². The SMILES string of the molecule is CCC(C)NS(=O)(=O)c1ccc(C(=O)Nc2ccc(C#N)cc2)cc1. The highest BCUT2D eigenvalue weighted by Gasteiger charge is 2.17. The Hall–Kier alpha value is -2.69. The molecule has 0 fully saturated rings. The largest absolute Gasteiger partial charge is 0.322 e. The standard InChI is InChI=1S/C18H19N3O3S/c1-3-13(2)21-25(23,24)17-10-6-15(7-11-17)18(22)20-16-8-4-14(12-19)5-9-16/h4-11,13,21H,3H2,1-2H3,(H,20,22). The lowest BCUT2D eigenvalue weighted by molar-refractivity contribution is 0.102. The van der Waals surface area contributed by atoms with Crippen LogP contribution in [0.2, 0.25) is 0 Å². The van der Waals surface area contributed by atoms with E-state index in [0.29, 0.717) is 23.2 Å². The van der Waals surface area contributed by atoms with Crippen molar-refractivity contribution in [2.24, 2.45) is 0 Å². The Labute approximate surface area is 147 Å². The van der Waals surface area contributed by atoms with Gasteiger partial charge in [0.1, 0.15) is 0 Å². The molecule has 0 saturated heterocycles. The van der Waals surface area contributed by atoms with E-state index >= 15 is 0 Å². The fourth-order valence-corrected chi connectivity index (χ4v) is 3.36. The molecule has 7 heteroatoms. The van der Waals surface area contributed by atoms with Crippen molar-refractivity contribution in [3.8, 4) is 6.07 Å².